The van der Waals surface area contributed by atoms with Crippen LogP contribution in [0.25, 0.3) is 0 Å². The monoisotopic (exact) mass is 292 g/mol. The molecule has 0 aliphatic carbocycles. The van der Waals surface area contributed by atoms with Gasteiger partial charge in [0.05, 0.1) is 0 Å². The van der Waals surface area contributed by atoms with Crippen molar-refractivity contribution < 1.29 is 8.78 Å². The molecule has 0 aromatic heterocycles. The average Bonchev–Trinajstić information content (AvgIpc) is 2.44. The highest BCUT2D eigenvalue weighted by Crippen LogP contribution is 2.12. The van der Waals surface area contributed by atoms with Gasteiger partial charge in [-0.15, -0.1) is 0 Å². The SMILES string of the molecule is CN(Cc1ccccc1F)C(=S)Nc1ccc(F)cc1. The summed E-state index contributed by atoms with van der Waals surface area (Å²) in [6.45, 7) is 0.361. The minimum absolute atomic E-state index is 0.260. The molecule has 5 heteroatoms. The Bertz CT molecular complexity index is 599. The van der Waals surface area contributed by atoms with Gasteiger partial charge in [0.15, 0.2) is 5.11 Å². The van der Waals surface area contributed by atoms with Crippen LogP contribution in [0.4, 0.5) is 14.5 Å². The Morgan fingerprint density at radius 3 is 2.40 bits per heavy atom. The summed E-state index contributed by atoms with van der Waals surface area (Å²) in [7, 11) is 1.77. The summed E-state index contributed by atoms with van der Waals surface area (Å²) >= 11 is 5.23. The number of benzene rings is 2. The van der Waals surface area contributed by atoms with Crippen LogP contribution < -0.4 is 5.32 Å². The Morgan fingerprint density at radius 1 is 1.10 bits per heavy atom. The highest BCUT2D eigenvalue weighted by Gasteiger charge is 2.08. The maximum atomic E-state index is 13.6. The number of thiocarbonyl (C=S) groups is 1. The van der Waals surface area contributed by atoms with Crippen molar-refractivity contribution in [2.24, 2.45) is 0 Å². The summed E-state index contributed by atoms with van der Waals surface area (Å²) < 4.78 is 26.4. The van der Waals surface area contributed by atoms with E-state index in [-0.39, 0.29) is 11.6 Å². The molecule has 0 aliphatic rings. The number of rotatable bonds is 3. The van der Waals surface area contributed by atoms with Crippen LogP contribution >= 0.6 is 12.2 Å². The second-order valence-electron chi connectivity index (χ2n) is 4.38. The number of hydrogen-bond acceptors (Lipinski definition) is 1. The van der Waals surface area contributed by atoms with Crippen molar-refractivity contribution in [3.63, 3.8) is 0 Å². The number of nitrogens with zero attached hydrogens (tertiary/aromatic N) is 1. The molecule has 0 atom stereocenters. The predicted molar refractivity (Wildman–Crippen MR) is 80.5 cm³/mol. The summed E-state index contributed by atoms with van der Waals surface area (Å²) in [5, 5.41) is 3.42. The number of anilines is 1. The molecule has 2 aromatic rings. The van der Waals surface area contributed by atoms with Crippen LogP contribution in [0.15, 0.2) is 48.5 Å². The summed E-state index contributed by atoms with van der Waals surface area (Å²) in [6, 6.07) is 12.4. The lowest BCUT2D eigenvalue weighted by Crippen LogP contribution is -2.30. The van der Waals surface area contributed by atoms with E-state index < -0.39 is 0 Å². The van der Waals surface area contributed by atoms with Gasteiger partial charge in [-0.1, -0.05) is 18.2 Å². The van der Waals surface area contributed by atoms with E-state index in [0.717, 1.165) is 0 Å². The van der Waals surface area contributed by atoms with E-state index in [1.165, 1.54) is 18.2 Å². The van der Waals surface area contributed by atoms with Gasteiger partial charge in [-0.25, -0.2) is 8.78 Å². The number of hydrogen-bond donors (Lipinski definition) is 1. The fourth-order valence-electron chi connectivity index (χ4n) is 1.71. The Labute approximate surface area is 122 Å². The van der Waals surface area contributed by atoms with E-state index in [9.17, 15) is 8.78 Å². The van der Waals surface area contributed by atoms with Crippen molar-refractivity contribution in [2.75, 3.05) is 12.4 Å². The van der Waals surface area contributed by atoms with Crippen LogP contribution in [-0.4, -0.2) is 17.1 Å². The van der Waals surface area contributed by atoms with Crippen LogP contribution in [-0.2, 0) is 6.54 Å². The van der Waals surface area contributed by atoms with E-state index in [4.69, 9.17) is 12.2 Å². The molecule has 0 heterocycles. The Kier molecular flexibility index (Phi) is 4.63. The summed E-state index contributed by atoms with van der Waals surface area (Å²) in [5.74, 6) is -0.565. The molecule has 2 aromatic carbocycles. The van der Waals surface area contributed by atoms with Crippen molar-refractivity contribution in [1.29, 1.82) is 0 Å². The highest BCUT2D eigenvalue weighted by atomic mass is 32.1. The average molecular weight is 292 g/mol. The van der Waals surface area contributed by atoms with Crippen molar-refractivity contribution in [1.82, 2.24) is 4.90 Å². The smallest absolute Gasteiger partial charge is 0.173 e. The summed E-state index contributed by atoms with van der Waals surface area (Å²) in [6.07, 6.45) is 0. The summed E-state index contributed by atoms with van der Waals surface area (Å²) in [4.78, 5) is 1.72. The first kappa shape index (κ1) is 14.4. The third-order valence-electron chi connectivity index (χ3n) is 2.81. The topological polar surface area (TPSA) is 15.3 Å². The van der Waals surface area contributed by atoms with Gasteiger partial charge < -0.3 is 10.2 Å². The second kappa shape index (κ2) is 6.43. The van der Waals surface area contributed by atoms with Gasteiger partial charge in [-0.3, -0.25) is 0 Å². The predicted octanol–water partition coefficient (Wildman–Crippen LogP) is 3.79. The van der Waals surface area contributed by atoms with E-state index in [2.05, 4.69) is 5.32 Å². The third kappa shape index (κ3) is 3.74. The molecule has 2 nitrogen and oxygen atoms in total. The lowest BCUT2D eigenvalue weighted by Gasteiger charge is -2.21. The largest absolute Gasteiger partial charge is 0.348 e. The Balaban J connectivity index is 1.99. The molecule has 0 unspecified atom stereocenters. The minimum Gasteiger partial charge on any atom is -0.348 e. The fourth-order valence-corrected chi connectivity index (χ4v) is 1.89. The maximum absolute atomic E-state index is 13.6. The first-order valence-corrected chi connectivity index (χ1v) is 6.48. The van der Waals surface area contributed by atoms with Crippen LogP contribution in [0.5, 0.6) is 0 Å². The molecule has 1 N–H and O–H groups in total. The van der Waals surface area contributed by atoms with Crippen LogP contribution in [0.3, 0.4) is 0 Å². The van der Waals surface area contributed by atoms with E-state index in [1.807, 2.05) is 0 Å². The van der Waals surface area contributed by atoms with Crippen LogP contribution in [0.2, 0.25) is 0 Å². The first-order valence-electron chi connectivity index (χ1n) is 6.07. The minimum atomic E-state index is -0.304. The fraction of sp³-hybridized carbons (Fsp3) is 0.133. The zero-order chi connectivity index (χ0) is 14.5. The molecule has 0 saturated heterocycles. The molecule has 0 radical (unpaired) electrons. The van der Waals surface area contributed by atoms with Gasteiger partial charge in [0.25, 0.3) is 0 Å². The van der Waals surface area contributed by atoms with Crippen molar-refractivity contribution in [2.45, 2.75) is 6.54 Å². The number of halogens is 2. The summed E-state index contributed by atoms with van der Waals surface area (Å²) in [5.41, 5.74) is 1.26. The molecule has 0 spiro atoms. The van der Waals surface area contributed by atoms with Crippen molar-refractivity contribution in [3.05, 3.63) is 65.7 Å². The van der Waals surface area contributed by atoms with Gasteiger partial charge in [0.2, 0.25) is 0 Å². The molecule has 0 fully saturated rings. The molecule has 0 saturated carbocycles. The molecule has 104 valence electrons. The molecular formula is C15H14F2N2S. The quantitative estimate of drug-likeness (QED) is 0.866. The van der Waals surface area contributed by atoms with Gasteiger partial charge in [0.1, 0.15) is 11.6 Å². The van der Waals surface area contributed by atoms with Gasteiger partial charge >= 0.3 is 0 Å². The second-order valence-corrected chi connectivity index (χ2v) is 4.77. The van der Waals surface area contributed by atoms with E-state index in [1.54, 1.807) is 42.3 Å². The van der Waals surface area contributed by atoms with Crippen molar-refractivity contribution >= 4 is 23.0 Å². The van der Waals surface area contributed by atoms with Crippen LogP contribution in [0.1, 0.15) is 5.56 Å². The Hall–Kier alpha value is -2.01. The molecule has 0 amide bonds. The van der Waals surface area contributed by atoms with E-state index >= 15 is 0 Å². The van der Waals surface area contributed by atoms with Gasteiger partial charge in [-0.2, -0.15) is 0 Å². The molecular weight excluding hydrogens is 278 g/mol. The molecule has 2 rings (SSSR count). The molecule has 20 heavy (non-hydrogen) atoms. The highest BCUT2D eigenvalue weighted by molar-refractivity contribution is 7.80. The lowest BCUT2D eigenvalue weighted by atomic mass is 10.2. The molecule has 0 bridgehead atoms. The third-order valence-corrected chi connectivity index (χ3v) is 3.22. The standard InChI is InChI=1S/C15H14F2N2S/c1-19(10-11-4-2-3-5-14(11)17)15(20)18-13-8-6-12(16)7-9-13/h2-9H,10H2,1H3,(H,18,20). The Morgan fingerprint density at radius 2 is 1.75 bits per heavy atom. The normalized spacial score (nSPS) is 10.2. The zero-order valence-electron chi connectivity index (χ0n) is 10.9. The van der Waals surface area contributed by atoms with Crippen LogP contribution in [0, 0.1) is 11.6 Å². The maximum Gasteiger partial charge on any atom is 0.173 e. The molecule has 0 aliphatic heterocycles. The van der Waals surface area contributed by atoms with Gasteiger partial charge in [-0.05, 0) is 42.5 Å². The number of nitrogens with one attached hydrogen (secondary N) is 1. The van der Waals surface area contributed by atoms with Gasteiger partial charge in [0, 0.05) is 24.8 Å². The lowest BCUT2D eigenvalue weighted by molar-refractivity contribution is 0.486. The van der Waals surface area contributed by atoms with Crippen molar-refractivity contribution in [3.8, 4) is 0 Å². The zero-order valence-corrected chi connectivity index (χ0v) is 11.8. The first-order chi connectivity index (χ1) is 9.56. The van der Waals surface area contributed by atoms with E-state index in [0.29, 0.717) is 22.9 Å².